The lowest BCUT2D eigenvalue weighted by Gasteiger charge is -2.15. The third-order valence-corrected chi connectivity index (χ3v) is 3.58. The number of aryl methyl sites for hydroxylation is 1. The van der Waals surface area contributed by atoms with Crippen molar-refractivity contribution in [3.05, 3.63) is 28.0 Å². The van der Waals surface area contributed by atoms with E-state index in [9.17, 15) is 4.39 Å². The van der Waals surface area contributed by atoms with Gasteiger partial charge in [0.15, 0.2) is 0 Å². The van der Waals surface area contributed by atoms with Gasteiger partial charge in [-0.05, 0) is 59.9 Å². The largest absolute Gasteiger partial charge is 0.383 e. The number of anilines is 1. The van der Waals surface area contributed by atoms with Crippen molar-refractivity contribution in [2.75, 3.05) is 18.4 Å². The Kier molecular flexibility index (Phi) is 3.82. The van der Waals surface area contributed by atoms with Crippen molar-refractivity contribution in [2.24, 2.45) is 0 Å². The van der Waals surface area contributed by atoms with Crippen molar-refractivity contribution < 1.29 is 4.39 Å². The molecule has 16 heavy (non-hydrogen) atoms. The quantitative estimate of drug-likeness (QED) is 0.893. The summed E-state index contributed by atoms with van der Waals surface area (Å²) in [6, 6.07) is 3.90. The van der Waals surface area contributed by atoms with E-state index in [1.54, 1.807) is 12.1 Å². The van der Waals surface area contributed by atoms with Crippen molar-refractivity contribution in [1.82, 2.24) is 5.32 Å². The van der Waals surface area contributed by atoms with E-state index in [1.807, 2.05) is 6.92 Å². The SMILES string of the molecule is Cc1cc(F)c(Br)cc1NCC1CCCN1. The fourth-order valence-corrected chi connectivity index (χ4v) is 2.34. The van der Waals surface area contributed by atoms with Crippen LogP contribution >= 0.6 is 15.9 Å². The normalized spacial score (nSPS) is 20.1. The summed E-state index contributed by atoms with van der Waals surface area (Å²) in [7, 11) is 0. The van der Waals surface area contributed by atoms with Crippen LogP contribution in [0.15, 0.2) is 16.6 Å². The highest BCUT2D eigenvalue weighted by Crippen LogP contribution is 2.24. The second-order valence-corrected chi connectivity index (χ2v) is 5.11. The van der Waals surface area contributed by atoms with E-state index in [2.05, 4.69) is 26.6 Å². The van der Waals surface area contributed by atoms with E-state index < -0.39 is 0 Å². The van der Waals surface area contributed by atoms with Gasteiger partial charge in [-0.1, -0.05) is 0 Å². The Labute approximate surface area is 104 Å². The second kappa shape index (κ2) is 5.15. The summed E-state index contributed by atoms with van der Waals surface area (Å²) in [5, 5.41) is 6.79. The fraction of sp³-hybridized carbons (Fsp3) is 0.500. The highest BCUT2D eigenvalue weighted by Gasteiger charge is 2.14. The van der Waals surface area contributed by atoms with Crippen molar-refractivity contribution in [3.63, 3.8) is 0 Å². The Bertz CT molecular complexity index is 376. The molecule has 0 amide bonds. The maximum absolute atomic E-state index is 13.2. The summed E-state index contributed by atoms with van der Waals surface area (Å²) in [6.07, 6.45) is 2.47. The van der Waals surface area contributed by atoms with Crippen LogP contribution in [0, 0.1) is 12.7 Å². The standard InChI is InChI=1S/C12H16BrFN2/c1-8-5-11(14)10(13)6-12(8)16-7-9-3-2-4-15-9/h5-6,9,15-16H,2-4,7H2,1H3. The van der Waals surface area contributed by atoms with Crippen LogP contribution in [0.1, 0.15) is 18.4 Å². The average molecular weight is 287 g/mol. The molecule has 1 aromatic rings. The first-order valence-corrected chi connectivity index (χ1v) is 6.39. The summed E-state index contributed by atoms with van der Waals surface area (Å²) in [6.45, 7) is 3.93. The molecule has 1 aromatic carbocycles. The first-order valence-electron chi connectivity index (χ1n) is 5.59. The van der Waals surface area contributed by atoms with Crippen molar-refractivity contribution in [1.29, 1.82) is 0 Å². The van der Waals surface area contributed by atoms with Gasteiger partial charge in [0.25, 0.3) is 0 Å². The van der Waals surface area contributed by atoms with Crippen molar-refractivity contribution in [2.45, 2.75) is 25.8 Å². The van der Waals surface area contributed by atoms with Crippen molar-refractivity contribution in [3.8, 4) is 0 Å². The van der Waals surface area contributed by atoms with Gasteiger partial charge in [-0.15, -0.1) is 0 Å². The Morgan fingerprint density at radius 3 is 3.06 bits per heavy atom. The van der Waals surface area contributed by atoms with E-state index in [-0.39, 0.29) is 5.82 Å². The van der Waals surface area contributed by atoms with Crippen LogP contribution < -0.4 is 10.6 Å². The summed E-state index contributed by atoms with van der Waals surface area (Å²) >= 11 is 3.20. The molecule has 2 N–H and O–H groups in total. The van der Waals surface area contributed by atoms with Crippen molar-refractivity contribution >= 4 is 21.6 Å². The first-order chi connectivity index (χ1) is 7.66. The molecule has 1 fully saturated rings. The molecular formula is C12H16BrFN2. The molecule has 0 radical (unpaired) electrons. The zero-order chi connectivity index (χ0) is 11.5. The molecule has 1 saturated heterocycles. The maximum Gasteiger partial charge on any atom is 0.137 e. The molecule has 88 valence electrons. The maximum atomic E-state index is 13.2. The van der Waals surface area contributed by atoms with Gasteiger partial charge in [-0.25, -0.2) is 4.39 Å². The average Bonchev–Trinajstić information content (AvgIpc) is 2.74. The minimum absolute atomic E-state index is 0.206. The third-order valence-electron chi connectivity index (χ3n) is 2.97. The Morgan fingerprint density at radius 1 is 1.56 bits per heavy atom. The third kappa shape index (κ3) is 2.74. The summed E-state index contributed by atoms with van der Waals surface area (Å²) in [5.74, 6) is -0.206. The number of benzene rings is 1. The molecule has 4 heteroatoms. The molecule has 1 unspecified atom stereocenters. The van der Waals surface area contributed by atoms with Gasteiger partial charge in [0.05, 0.1) is 4.47 Å². The molecule has 0 aromatic heterocycles. The number of halogens is 2. The highest BCUT2D eigenvalue weighted by molar-refractivity contribution is 9.10. The molecule has 0 spiro atoms. The second-order valence-electron chi connectivity index (χ2n) is 4.26. The fourth-order valence-electron chi connectivity index (χ4n) is 2.00. The lowest BCUT2D eigenvalue weighted by atomic mass is 10.1. The Morgan fingerprint density at radius 2 is 2.38 bits per heavy atom. The van der Waals surface area contributed by atoms with Gasteiger partial charge in [-0.3, -0.25) is 0 Å². The number of hydrogen-bond acceptors (Lipinski definition) is 2. The number of nitrogens with one attached hydrogen (secondary N) is 2. The highest BCUT2D eigenvalue weighted by atomic mass is 79.9. The first kappa shape index (κ1) is 11.9. The lowest BCUT2D eigenvalue weighted by Crippen LogP contribution is -2.29. The number of hydrogen-bond donors (Lipinski definition) is 2. The van der Waals surface area contributed by atoms with Crippen LogP contribution in [-0.4, -0.2) is 19.1 Å². The molecular weight excluding hydrogens is 271 g/mol. The molecule has 2 rings (SSSR count). The monoisotopic (exact) mass is 286 g/mol. The molecule has 2 nitrogen and oxygen atoms in total. The van der Waals surface area contributed by atoms with Gasteiger partial charge < -0.3 is 10.6 Å². The van der Waals surface area contributed by atoms with Gasteiger partial charge >= 0.3 is 0 Å². The minimum Gasteiger partial charge on any atom is -0.383 e. The summed E-state index contributed by atoms with van der Waals surface area (Å²) < 4.78 is 13.7. The van der Waals surface area contributed by atoms with E-state index in [1.165, 1.54) is 12.8 Å². The van der Waals surface area contributed by atoms with Crippen LogP contribution in [0.5, 0.6) is 0 Å². The van der Waals surface area contributed by atoms with Gasteiger partial charge in [-0.2, -0.15) is 0 Å². The van der Waals surface area contributed by atoms with Gasteiger partial charge in [0.2, 0.25) is 0 Å². The van der Waals surface area contributed by atoms with Crippen LogP contribution in [0.2, 0.25) is 0 Å². The Hall–Kier alpha value is -0.610. The molecule has 1 aliphatic heterocycles. The predicted molar refractivity (Wildman–Crippen MR) is 68.4 cm³/mol. The lowest BCUT2D eigenvalue weighted by molar-refractivity contribution is 0.618. The zero-order valence-electron chi connectivity index (χ0n) is 9.32. The molecule has 1 heterocycles. The molecule has 0 bridgehead atoms. The Balaban J connectivity index is 2.00. The van der Waals surface area contributed by atoms with Crippen LogP contribution in [0.4, 0.5) is 10.1 Å². The molecule has 0 saturated carbocycles. The minimum atomic E-state index is -0.206. The van der Waals surface area contributed by atoms with Crippen LogP contribution in [0.3, 0.4) is 0 Å². The molecule has 1 aliphatic rings. The summed E-state index contributed by atoms with van der Waals surface area (Å²) in [4.78, 5) is 0. The molecule has 0 aliphatic carbocycles. The molecule has 1 atom stereocenters. The topological polar surface area (TPSA) is 24.1 Å². The van der Waals surface area contributed by atoms with Crippen LogP contribution in [0.25, 0.3) is 0 Å². The van der Waals surface area contributed by atoms with E-state index in [0.717, 1.165) is 24.3 Å². The smallest absolute Gasteiger partial charge is 0.137 e. The van der Waals surface area contributed by atoms with Gasteiger partial charge in [0.1, 0.15) is 5.82 Å². The number of rotatable bonds is 3. The summed E-state index contributed by atoms with van der Waals surface area (Å²) in [5.41, 5.74) is 1.95. The predicted octanol–water partition coefficient (Wildman–Crippen LogP) is 3.06. The van der Waals surface area contributed by atoms with Gasteiger partial charge in [0, 0.05) is 18.3 Å². The van der Waals surface area contributed by atoms with E-state index in [0.29, 0.717) is 10.5 Å². The van der Waals surface area contributed by atoms with E-state index >= 15 is 0 Å². The van der Waals surface area contributed by atoms with E-state index in [4.69, 9.17) is 0 Å². The van der Waals surface area contributed by atoms with Crippen LogP contribution in [-0.2, 0) is 0 Å². The zero-order valence-corrected chi connectivity index (χ0v) is 10.9.